The van der Waals surface area contributed by atoms with Crippen molar-refractivity contribution < 1.29 is 38.8 Å². The third-order valence-electron chi connectivity index (χ3n) is 6.11. The SMILES string of the molecule is CCOC(=O)c1ccc(N2C(=O)C(=O)/C(=C(\O)c3ccc(OCC)cc3OCC)C2c2cccc(O)c2)cc1. The van der Waals surface area contributed by atoms with Gasteiger partial charge in [0, 0.05) is 11.8 Å². The summed E-state index contributed by atoms with van der Waals surface area (Å²) in [6.07, 6.45) is 0. The number of Topliss-reactive ketones (excluding diaryl/α,β-unsaturated/α-hetero) is 1. The number of benzene rings is 3. The number of hydrogen-bond acceptors (Lipinski definition) is 8. The van der Waals surface area contributed by atoms with E-state index in [0.29, 0.717) is 23.6 Å². The van der Waals surface area contributed by atoms with Crippen molar-refractivity contribution in [1.29, 1.82) is 0 Å². The maximum Gasteiger partial charge on any atom is 0.338 e. The van der Waals surface area contributed by atoms with Gasteiger partial charge in [0.15, 0.2) is 0 Å². The maximum absolute atomic E-state index is 13.5. The molecule has 3 aromatic rings. The number of ether oxygens (including phenoxy) is 3. The summed E-state index contributed by atoms with van der Waals surface area (Å²) >= 11 is 0. The number of phenolic OH excluding ortho intramolecular Hbond substituents is 1. The van der Waals surface area contributed by atoms with E-state index < -0.39 is 29.5 Å². The first kappa shape index (κ1) is 27.3. The van der Waals surface area contributed by atoms with Crippen LogP contribution in [0.3, 0.4) is 0 Å². The molecule has 0 aliphatic carbocycles. The lowest BCUT2D eigenvalue weighted by atomic mass is 9.94. The highest BCUT2D eigenvalue weighted by molar-refractivity contribution is 6.51. The van der Waals surface area contributed by atoms with E-state index in [4.69, 9.17) is 14.2 Å². The molecular formula is C30H29NO8. The molecule has 2 N–H and O–H groups in total. The van der Waals surface area contributed by atoms with Gasteiger partial charge in [-0.15, -0.1) is 0 Å². The fraction of sp³-hybridized carbons (Fsp3) is 0.233. The Balaban J connectivity index is 1.89. The van der Waals surface area contributed by atoms with Gasteiger partial charge in [0.1, 0.15) is 23.0 Å². The molecule has 0 spiro atoms. The largest absolute Gasteiger partial charge is 0.508 e. The lowest BCUT2D eigenvalue weighted by Gasteiger charge is -2.26. The summed E-state index contributed by atoms with van der Waals surface area (Å²) in [5.41, 5.74) is 1.02. The van der Waals surface area contributed by atoms with Gasteiger partial charge in [-0.25, -0.2) is 4.79 Å². The highest BCUT2D eigenvalue weighted by Gasteiger charge is 2.47. The average Bonchev–Trinajstić information content (AvgIpc) is 3.19. The van der Waals surface area contributed by atoms with Crippen LogP contribution in [0, 0.1) is 0 Å². The van der Waals surface area contributed by atoms with Crippen LogP contribution in [0.4, 0.5) is 5.69 Å². The Hall–Kier alpha value is -4.79. The van der Waals surface area contributed by atoms with Crippen LogP contribution >= 0.6 is 0 Å². The van der Waals surface area contributed by atoms with Crippen molar-refractivity contribution in [1.82, 2.24) is 0 Å². The smallest absolute Gasteiger partial charge is 0.338 e. The number of carbonyl (C=O) groups excluding carboxylic acids is 3. The van der Waals surface area contributed by atoms with Crippen molar-refractivity contribution >= 4 is 29.1 Å². The van der Waals surface area contributed by atoms with Crippen molar-refractivity contribution in [3.05, 3.63) is 89.0 Å². The molecule has 1 amide bonds. The summed E-state index contributed by atoms with van der Waals surface area (Å²) < 4.78 is 16.3. The number of aliphatic hydroxyl groups excluding tert-OH is 1. The molecule has 0 bridgehead atoms. The molecule has 0 saturated carbocycles. The molecular weight excluding hydrogens is 502 g/mol. The van der Waals surface area contributed by atoms with Gasteiger partial charge in [0.05, 0.1) is 42.6 Å². The lowest BCUT2D eigenvalue weighted by molar-refractivity contribution is -0.132. The minimum absolute atomic E-state index is 0.0770. The van der Waals surface area contributed by atoms with E-state index in [0.717, 1.165) is 0 Å². The number of carbonyl (C=O) groups is 3. The monoisotopic (exact) mass is 531 g/mol. The van der Waals surface area contributed by atoms with Gasteiger partial charge in [-0.2, -0.15) is 0 Å². The molecule has 1 fully saturated rings. The number of hydrogen-bond donors (Lipinski definition) is 2. The van der Waals surface area contributed by atoms with Crippen LogP contribution in [0.5, 0.6) is 17.2 Å². The second-order valence-electron chi connectivity index (χ2n) is 8.56. The van der Waals surface area contributed by atoms with E-state index in [9.17, 15) is 24.6 Å². The molecule has 1 unspecified atom stereocenters. The molecule has 0 aromatic heterocycles. The van der Waals surface area contributed by atoms with Gasteiger partial charge >= 0.3 is 5.97 Å². The topological polar surface area (TPSA) is 123 Å². The van der Waals surface area contributed by atoms with E-state index in [1.165, 1.54) is 41.3 Å². The molecule has 9 nitrogen and oxygen atoms in total. The Morgan fingerprint density at radius 3 is 2.26 bits per heavy atom. The Kier molecular flexibility index (Phi) is 8.19. The Morgan fingerprint density at radius 2 is 1.62 bits per heavy atom. The number of anilines is 1. The van der Waals surface area contributed by atoms with Crippen molar-refractivity contribution in [2.75, 3.05) is 24.7 Å². The molecule has 3 aromatic carbocycles. The molecule has 9 heteroatoms. The third kappa shape index (κ3) is 5.43. The summed E-state index contributed by atoms with van der Waals surface area (Å²) in [6.45, 7) is 6.23. The number of esters is 1. The molecule has 202 valence electrons. The predicted molar refractivity (Wildman–Crippen MR) is 144 cm³/mol. The van der Waals surface area contributed by atoms with Crippen LogP contribution in [0.15, 0.2) is 72.3 Å². The van der Waals surface area contributed by atoms with Crippen LogP contribution in [0.2, 0.25) is 0 Å². The van der Waals surface area contributed by atoms with E-state index >= 15 is 0 Å². The second kappa shape index (κ2) is 11.7. The summed E-state index contributed by atoms with van der Waals surface area (Å²) in [7, 11) is 0. The second-order valence-corrected chi connectivity index (χ2v) is 8.56. The number of aliphatic hydroxyl groups is 1. The lowest BCUT2D eigenvalue weighted by Crippen LogP contribution is -2.29. The van der Waals surface area contributed by atoms with Gasteiger partial charge < -0.3 is 24.4 Å². The van der Waals surface area contributed by atoms with Gasteiger partial charge in [-0.05, 0) is 74.9 Å². The van der Waals surface area contributed by atoms with E-state index in [1.807, 2.05) is 6.92 Å². The quantitative estimate of drug-likeness (QED) is 0.171. The van der Waals surface area contributed by atoms with Crippen molar-refractivity contribution in [3.63, 3.8) is 0 Å². The third-order valence-corrected chi connectivity index (χ3v) is 6.11. The van der Waals surface area contributed by atoms with Gasteiger partial charge in [-0.3, -0.25) is 14.5 Å². The molecule has 1 saturated heterocycles. The zero-order valence-corrected chi connectivity index (χ0v) is 21.8. The van der Waals surface area contributed by atoms with Crippen molar-refractivity contribution in [2.24, 2.45) is 0 Å². The molecule has 1 aliphatic rings. The summed E-state index contributed by atoms with van der Waals surface area (Å²) in [5.74, 6) is -2.02. The summed E-state index contributed by atoms with van der Waals surface area (Å²) in [6, 6.07) is 15.9. The summed E-state index contributed by atoms with van der Waals surface area (Å²) in [4.78, 5) is 40.2. The van der Waals surface area contributed by atoms with Crippen LogP contribution in [-0.4, -0.2) is 47.7 Å². The van der Waals surface area contributed by atoms with E-state index in [1.54, 1.807) is 44.2 Å². The number of ketones is 1. The number of aromatic hydroxyl groups is 1. The van der Waals surface area contributed by atoms with Crippen LogP contribution < -0.4 is 14.4 Å². The van der Waals surface area contributed by atoms with Crippen LogP contribution in [-0.2, 0) is 14.3 Å². The number of phenols is 1. The van der Waals surface area contributed by atoms with Gasteiger partial charge in [-0.1, -0.05) is 12.1 Å². The van der Waals surface area contributed by atoms with Gasteiger partial charge in [0.25, 0.3) is 11.7 Å². The molecule has 39 heavy (non-hydrogen) atoms. The normalized spacial score (nSPS) is 16.3. The van der Waals surface area contributed by atoms with E-state index in [-0.39, 0.29) is 41.4 Å². The first-order valence-corrected chi connectivity index (χ1v) is 12.6. The molecule has 1 atom stereocenters. The Labute approximate surface area is 225 Å². The Bertz CT molecular complexity index is 1430. The number of amides is 1. The summed E-state index contributed by atoms with van der Waals surface area (Å²) in [5, 5.41) is 21.7. The molecule has 1 heterocycles. The number of nitrogens with zero attached hydrogens (tertiary/aromatic N) is 1. The molecule has 1 aliphatic heterocycles. The average molecular weight is 532 g/mol. The minimum Gasteiger partial charge on any atom is -0.508 e. The number of rotatable bonds is 9. The standard InChI is InChI=1S/C30H29NO8/c1-4-37-22-14-15-23(24(17-22)38-5-2)27(33)25-26(19-8-7-9-21(32)16-19)31(29(35)28(25)34)20-12-10-18(11-13-20)30(36)39-6-3/h7-17,26,32-33H,4-6H2,1-3H3/b27-25-. The first-order chi connectivity index (χ1) is 18.8. The van der Waals surface area contributed by atoms with Crippen molar-refractivity contribution in [2.45, 2.75) is 26.8 Å². The highest BCUT2D eigenvalue weighted by Crippen LogP contribution is 2.44. The Morgan fingerprint density at radius 1 is 0.897 bits per heavy atom. The molecule has 4 rings (SSSR count). The van der Waals surface area contributed by atoms with Crippen LogP contribution in [0.1, 0.15) is 48.3 Å². The zero-order chi connectivity index (χ0) is 28.1. The van der Waals surface area contributed by atoms with Gasteiger partial charge in [0.2, 0.25) is 0 Å². The fourth-order valence-electron chi connectivity index (χ4n) is 4.46. The maximum atomic E-state index is 13.5. The molecule has 0 radical (unpaired) electrons. The predicted octanol–water partition coefficient (Wildman–Crippen LogP) is 4.99. The van der Waals surface area contributed by atoms with Crippen molar-refractivity contribution in [3.8, 4) is 17.2 Å². The fourth-order valence-corrected chi connectivity index (χ4v) is 4.46. The highest BCUT2D eigenvalue weighted by atomic mass is 16.5. The minimum atomic E-state index is -1.08. The van der Waals surface area contributed by atoms with E-state index in [2.05, 4.69) is 0 Å². The zero-order valence-electron chi connectivity index (χ0n) is 21.8. The first-order valence-electron chi connectivity index (χ1n) is 12.6. The van der Waals surface area contributed by atoms with Crippen LogP contribution in [0.25, 0.3) is 5.76 Å².